The molecule has 1 aromatic heterocycles. The lowest BCUT2D eigenvalue weighted by Gasteiger charge is -2.31. The molecule has 3 N–H and O–H groups in total. The van der Waals surface area contributed by atoms with Gasteiger partial charge in [-0.2, -0.15) is 5.10 Å². The number of H-pyrrole nitrogens is 1. The summed E-state index contributed by atoms with van der Waals surface area (Å²) in [6, 6.07) is 8.45. The van der Waals surface area contributed by atoms with Crippen molar-refractivity contribution >= 4 is 5.97 Å². The zero-order valence-corrected chi connectivity index (χ0v) is 14.8. The molecule has 1 aliphatic carbocycles. The normalized spacial score (nSPS) is 24.3. The van der Waals surface area contributed by atoms with Gasteiger partial charge in [-0.05, 0) is 43.4 Å². The Bertz CT molecular complexity index is 788. The monoisotopic (exact) mass is 355 g/mol. The Morgan fingerprint density at radius 1 is 1.35 bits per heavy atom. The molecule has 0 saturated carbocycles. The van der Waals surface area contributed by atoms with Crippen LogP contribution in [0.4, 0.5) is 0 Å². The van der Waals surface area contributed by atoms with Crippen LogP contribution in [0.5, 0.6) is 0 Å². The second kappa shape index (κ2) is 7.21. The van der Waals surface area contributed by atoms with E-state index in [1.807, 2.05) is 0 Å². The first kappa shape index (κ1) is 17.2. The quantitative estimate of drug-likeness (QED) is 0.766. The first-order chi connectivity index (χ1) is 12.6. The van der Waals surface area contributed by atoms with Crippen molar-refractivity contribution in [1.29, 1.82) is 0 Å². The number of rotatable bonds is 5. The first-order valence-corrected chi connectivity index (χ1v) is 9.38. The van der Waals surface area contributed by atoms with Gasteiger partial charge in [-0.25, -0.2) is 4.79 Å². The lowest BCUT2D eigenvalue weighted by atomic mass is 9.79. The van der Waals surface area contributed by atoms with Crippen molar-refractivity contribution in [3.05, 3.63) is 52.8 Å². The molecule has 4 rings (SSSR count). The summed E-state index contributed by atoms with van der Waals surface area (Å²) >= 11 is 0. The predicted octanol–water partition coefficient (Wildman–Crippen LogP) is 2.38. The van der Waals surface area contributed by atoms with Crippen molar-refractivity contribution in [2.24, 2.45) is 0 Å². The number of likely N-dealkylation sites (tertiary alicyclic amines) is 1. The number of carboxylic acids is 1. The van der Waals surface area contributed by atoms with Gasteiger partial charge in [-0.3, -0.25) is 5.10 Å². The second-order valence-electron chi connectivity index (χ2n) is 7.51. The number of β-amino-alcohol motifs (C(OH)–C–C–N with tert-alkyl or cyclic N) is 1. The van der Waals surface area contributed by atoms with Gasteiger partial charge in [0, 0.05) is 24.9 Å². The molecule has 2 heterocycles. The van der Waals surface area contributed by atoms with Crippen molar-refractivity contribution < 1.29 is 15.0 Å². The van der Waals surface area contributed by atoms with Crippen LogP contribution >= 0.6 is 0 Å². The molecule has 2 aromatic rings. The molecule has 1 aliphatic heterocycles. The van der Waals surface area contributed by atoms with Crippen molar-refractivity contribution in [1.82, 2.24) is 15.1 Å². The average Bonchev–Trinajstić information content (AvgIpc) is 3.30. The van der Waals surface area contributed by atoms with E-state index in [1.165, 1.54) is 17.3 Å². The second-order valence-corrected chi connectivity index (χ2v) is 7.51. The summed E-state index contributed by atoms with van der Waals surface area (Å²) in [4.78, 5) is 13.6. The summed E-state index contributed by atoms with van der Waals surface area (Å²) in [5, 5.41) is 26.9. The molecule has 1 fully saturated rings. The molecular weight excluding hydrogens is 330 g/mol. The van der Waals surface area contributed by atoms with Gasteiger partial charge >= 0.3 is 5.97 Å². The number of aliphatic hydroxyl groups is 1. The largest absolute Gasteiger partial charge is 0.478 e. The Morgan fingerprint density at radius 3 is 3.04 bits per heavy atom. The fourth-order valence-electron chi connectivity index (χ4n) is 4.59. The van der Waals surface area contributed by atoms with Gasteiger partial charge in [0.1, 0.15) is 5.56 Å². The minimum atomic E-state index is -0.939. The number of benzene rings is 1. The standard InChI is InChI=1S/C20H25N3O3/c24-18(16-7-3-5-13-4-1-2-6-15(13)16)12-23-9-8-14(11-23)19-17(20(25)26)10-21-22-19/h1-2,4,6,10,14,16,18,24H,3,5,7-9,11-12H2,(H,21,22)(H,25,26). The number of hydrogen-bond donors (Lipinski definition) is 3. The van der Waals surface area contributed by atoms with E-state index in [9.17, 15) is 15.0 Å². The third-order valence-corrected chi connectivity index (χ3v) is 5.91. The Kier molecular flexibility index (Phi) is 4.78. The number of carboxylic acid groups (broad SMARTS) is 1. The van der Waals surface area contributed by atoms with Crippen LogP contribution in [0.1, 0.15) is 58.3 Å². The Morgan fingerprint density at radius 2 is 2.19 bits per heavy atom. The molecule has 138 valence electrons. The summed E-state index contributed by atoms with van der Waals surface area (Å²) in [7, 11) is 0. The van der Waals surface area contributed by atoms with Crippen LogP contribution in [-0.2, 0) is 6.42 Å². The Balaban J connectivity index is 1.41. The molecule has 2 aliphatic rings. The third-order valence-electron chi connectivity index (χ3n) is 5.91. The number of carbonyl (C=O) groups is 1. The molecule has 1 saturated heterocycles. The number of fused-ring (bicyclic) bond motifs is 1. The highest BCUT2D eigenvalue weighted by atomic mass is 16.4. The molecule has 26 heavy (non-hydrogen) atoms. The van der Waals surface area contributed by atoms with Crippen LogP contribution in [0.15, 0.2) is 30.5 Å². The maximum atomic E-state index is 11.3. The molecule has 0 spiro atoms. The van der Waals surface area contributed by atoms with Crippen molar-refractivity contribution in [3.8, 4) is 0 Å². The van der Waals surface area contributed by atoms with Gasteiger partial charge in [0.05, 0.1) is 18.0 Å². The molecule has 6 nitrogen and oxygen atoms in total. The van der Waals surface area contributed by atoms with E-state index >= 15 is 0 Å². The van der Waals surface area contributed by atoms with Gasteiger partial charge in [0.25, 0.3) is 0 Å². The van der Waals surface area contributed by atoms with Gasteiger partial charge in [0.2, 0.25) is 0 Å². The Hall–Kier alpha value is -2.18. The molecule has 0 amide bonds. The summed E-state index contributed by atoms with van der Waals surface area (Å²) in [5.41, 5.74) is 3.63. The van der Waals surface area contributed by atoms with Crippen LogP contribution in [0.2, 0.25) is 0 Å². The molecular formula is C20H25N3O3. The number of nitrogens with one attached hydrogen (secondary N) is 1. The van der Waals surface area contributed by atoms with Gasteiger partial charge in [-0.15, -0.1) is 0 Å². The number of nitrogens with zero attached hydrogens (tertiary/aromatic N) is 2. The Labute approximate surface area is 152 Å². The topological polar surface area (TPSA) is 89.4 Å². The maximum Gasteiger partial charge on any atom is 0.339 e. The van der Waals surface area contributed by atoms with Crippen LogP contribution in [0.3, 0.4) is 0 Å². The first-order valence-electron chi connectivity index (χ1n) is 9.38. The smallest absolute Gasteiger partial charge is 0.339 e. The minimum Gasteiger partial charge on any atom is -0.478 e. The molecule has 1 aromatic carbocycles. The lowest BCUT2D eigenvalue weighted by Crippen LogP contribution is -2.35. The minimum absolute atomic E-state index is 0.134. The molecule has 6 heteroatoms. The molecule has 3 unspecified atom stereocenters. The summed E-state index contributed by atoms with van der Waals surface area (Å²) in [6.45, 7) is 2.26. The van der Waals surface area contributed by atoms with Gasteiger partial charge in [0.15, 0.2) is 0 Å². The van der Waals surface area contributed by atoms with Crippen molar-refractivity contribution in [2.45, 2.75) is 43.6 Å². The maximum absolute atomic E-state index is 11.3. The van der Waals surface area contributed by atoms with E-state index in [4.69, 9.17) is 0 Å². The van der Waals surface area contributed by atoms with Crippen LogP contribution in [-0.4, -0.2) is 57.0 Å². The SMILES string of the molecule is O=C(O)c1cn[nH]c1C1CCN(CC(O)C2CCCc3ccccc32)C1. The molecule has 3 atom stereocenters. The van der Waals surface area contributed by atoms with Gasteiger partial charge < -0.3 is 15.1 Å². The number of aromatic carboxylic acids is 1. The number of aliphatic hydroxyl groups excluding tert-OH is 1. The highest BCUT2D eigenvalue weighted by Gasteiger charge is 2.32. The van der Waals surface area contributed by atoms with E-state index in [0.717, 1.165) is 38.8 Å². The van der Waals surface area contributed by atoms with Crippen LogP contribution < -0.4 is 0 Å². The van der Waals surface area contributed by atoms with E-state index in [2.05, 4.69) is 39.4 Å². The zero-order chi connectivity index (χ0) is 18.1. The van der Waals surface area contributed by atoms with Gasteiger partial charge in [-0.1, -0.05) is 24.3 Å². The fraction of sp³-hybridized carbons (Fsp3) is 0.500. The van der Waals surface area contributed by atoms with Crippen LogP contribution in [0, 0.1) is 0 Å². The van der Waals surface area contributed by atoms with Crippen molar-refractivity contribution in [3.63, 3.8) is 0 Å². The van der Waals surface area contributed by atoms with Crippen molar-refractivity contribution in [2.75, 3.05) is 19.6 Å². The summed E-state index contributed by atoms with van der Waals surface area (Å²) < 4.78 is 0. The van der Waals surface area contributed by atoms with Crippen LogP contribution in [0.25, 0.3) is 0 Å². The zero-order valence-electron chi connectivity index (χ0n) is 14.8. The van der Waals surface area contributed by atoms with E-state index in [0.29, 0.717) is 12.2 Å². The number of aromatic amines is 1. The van der Waals surface area contributed by atoms with E-state index in [-0.39, 0.29) is 17.4 Å². The molecule has 0 bridgehead atoms. The number of hydrogen-bond acceptors (Lipinski definition) is 4. The third kappa shape index (κ3) is 3.27. The average molecular weight is 355 g/mol. The molecule has 0 radical (unpaired) electrons. The van der Waals surface area contributed by atoms with E-state index < -0.39 is 12.1 Å². The summed E-state index contributed by atoms with van der Waals surface area (Å²) in [5.74, 6) is -0.610. The highest BCUT2D eigenvalue weighted by Crippen LogP contribution is 2.35. The van der Waals surface area contributed by atoms with E-state index in [1.54, 1.807) is 0 Å². The fourth-order valence-corrected chi connectivity index (χ4v) is 4.59. The predicted molar refractivity (Wildman–Crippen MR) is 97.5 cm³/mol. The highest BCUT2D eigenvalue weighted by molar-refractivity contribution is 5.88. The number of aromatic nitrogens is 2. The summed E-state index contributed by atoms with van der Waals surface area (Å²) in [6.07, 6.45) is 5.13. The lowest BCUT2D eigenvalue weighted by molar-refractivity contribution is 0.0694. The number of aryl methyl sites for hydroxylation is 1.